The molecule has 2 rings (SSSR count). The quantitative estimate of drug-likeness (QED) is 0.617. The van der Waals surface area contributed by atoms with Crippen LogP contribution in [0.5, 0.6) is 5.75 Å². The van der Waals surface area contributed by atoms with Crippen molar-refractivity contribution in [2.45, 2.75) is 6.61 Å². The second-order valence-electron chi connectivity index (χ2n) is 4.62. The molecule has 3 nitrogen and oxygen atoms in total. The van der Waals surface area contributed by atoms with E-state index >= 15 is 0 Å². The second-order valence-corrected chi connectivity index (χ2v) is 5.03. The minimum absolute atomic E-state index is 0.0678. The number of nitrogens with zero attached hydrogens (tertiary/aromatic N) is 2. The highest BCUT2D eigenvalue weighted by Gasteiger charge is 2.09. The third-order valence-electron chi connectivity index (χ3n) is 2.78. The first-order chi connectivity index (χ1) is 10.1. The summed E-state index contributed by atoms with van der Waals surface area (Å²) in [6, 6.07) is 12.0. The molecule has 5 heteroatoms. The number of benzene rings is 2. The van der Waals surface area contributed by atoms with Gasteiger partial charge in [0.15, 0.2) is 0 Å². The highest BCUT2D eigenvalue weighted by atomic mass is 35.5. The molecule has 0 saturated heterocycles. The van der Waals surface area contributed by atoms with Crippen LogP contribution < -0.4 is 4.74 Å². The zero-order valence-corrected chi connectivity index (χ0v) is 12.6. The van der Waals surface area contributed by atoms with Crippen LogP contribution in [-0.2, 0) is 6.61 Å². The van der Waals surface area contributed by atoms with Crippen molar-refractivity contribution in [3.63, 3.8) is 0 Å². The lowest BCUT2D eigenvalue weighted by atomic mass is 10.2. The largest absolute Gasteiger partial charge is 0.488 e. The molecule has 2 aromatic carbocycles. The Labute approximate surface area is 128 Å². The molecule has 2 aromatic rings. The van der Waals surface area contributed by atoms with Crippen molar-refractivity contribution in [2.24, 2.45) is 5.10 Å². The van der Waals surface area contributed by atoms with Gasteiger partial charge in [-0.3, -0.25) is 0 Å². The first kappa shape index (κ1) is 15.3. The van der Waals surface area contributed by atoms with Gasteiger partial charge in [-0.05, 0) is 24.3 Å². The molecule has 21 heavy (non-hydrogen) atoms. The van der Waals surface area contributed by atoms with E-state index in [-0.39, 0.29) is 12.4 Å². The van der Waals surface area contributed by atoms with Crippen molar-refractivity contribution < 1.29 is 9.13 Å². The zero-order chi connectivity index (χ0) is 15.2. The predicted molar refractivity (Wildman–Crippen MR) is 83.5 cm³/mol. The topological polar surface area (TPSA) is 24.8 Å². The molecule has 0 heterocycles. The molecular weight excluding hydrogens is 291 g/mol. The first-order valence-electron chi connectivity index (χ1n) is 6.44. The summed E-state index contributed by atoms with van der Waals surface area (Å²) in [4.78, 5) is 0. The van der Waals surface area contributed by atoms with Crippen LogP contribution in [0.4, 0.5) is 4.39 Å². The van der Waals surface area contributed by atoms with Crippen LogP contribution in [-0.4, -0.2) is 25.3 Å². The Morgan fingerprint density at radius 3 is 2.67 bits per heavy atom. The van der Waals surface area contributed by atoms with Gasteiger partial charge in [0.1, 0.15) is 18.2 Å². The molecule has 0 unspecified atom stereocenters. The van der Waals surface area contributed by atoms with Crippen molar-refractivity contribution in [3.8, 4) is 5.75 Å². The van der Waals surface area contributed by atoms with E-state index in [1.54, 1.807) is 23.4 Å². The van der Waals surface area contributed by atoms with Crippen molar-refractivity contribution in [1.82, 2.24) is 5.01 Å². The third kappa shape index (κ3) is 4.20. The second kappa shape index (κ2) is 7.09. The van der Waals surface area contributed by atoms with Crippen LogP contribution in [0.1, 0.15) is 11.1 Å². The number of hydrogen-bond donors (Lipinski definition) is 0. The molecule has 0 aromatic heterocycles. The summed E-state index contributed by atoms with van der Waals surface area (Å²) in [5.41, 5.74) is 1.16. The fourth-order valence-corrected chi connectivity index (χ4v) is 1.93. The monoisotopic (exact) mass is 306 g/mol. The zero-order valence-electron chi connectivity index (χ0n) is 11.9. The Morgan fingerprint density at radius 1 is 1.19 bits per heavy atom. The van der Waals surface area contributed by atoms with E-state index in [1.807, 2.05) is 38.4 Å². The molecule has 0 radical (unpaired) electrons. The summed E-state index contributed by atoms with van der Waals surface area (Å²) in [5, 5.41) is 6.21. The molecule has 0 aliphatic heterocycles. The van der Waals surface area contributed by atoms with Crippen LogP contribution in [0.3, 0.4) is 0 Å². The summed E-state index contributed by atoms with van der Waals surface area (Å²) in [5.74, 6) is 0.254. The van der Waals surface area contributed by atoms with Gasteiger partial charge in [0.05, 0.1) is 11.2 Å². The van der Waals surface area contributed by atoms with Gasteiger partial charge in [0, 0.05) is 25.2 Å². The summed E-state index contributed by atoms with van der Waals surface area (Å²) < 4.78 is 19.4. The molecular formula is C16H16ClFN2O. The molecule has 0 fully saturated rings. The van der Waals surface area contributed by atoms with Crippen LogP contribution in [0.2, 0.25) is 5.02 Å². The summed E-state index contributed by atoms with van der Waals surface area (Å²) in [7, 11) is 3.66. The van der Waals surface area contributed by atoms with Gasteiger partial charge in [-0.15, -0.1) is 0 Å². The third-order valence-corrected chi connectivity index (χ3v) is 3.13. The van der Waals surface area contributed by atoms with E-state index in [0.717, 1.165) is 5.56 Å². The Kier molecular flexibility index (Phi) is 5.17. The van der Waals surface area contributed by atoms with E-state index in [2.05, 4.69) is 5.10 Å². The molecule has 0 saturated carbocycles. The highest BCUT2D eigenvalue weighted by molar-refractivity contribution is 6.31. The van der Waals surface area contributed by atoms with Gasteiger partial charge >= 0.3 is 0 Å². The molecule has 0 amide bonds. The number of rotatable bonds is 5. The van der Waals surface area contributed by atoms with Crippen LogP contribution in [0.25, 0.3) is 0 Å². The van der Waals surface area contributed by atoms with Crippen LogP contribution in [0.15, 0.2) is 47.6 Å². The van der Waals surface area contributed by atoms with Crippen molar-refractivity contribution in [3.05, 3.63) is 64.4 Å². The van der Waals surface area contributed by atoms with Crippen molar-refractivity contribution in [1.29, 1.82) is 0 Å². The maximum Gasteiger partial charge on any atom is 0.131 e. The molecule has 0 aliphatic carbocycles. The molecule has 0 atom stereocenters. The SMILES string of the molecule is CN(C)/N=C/c1ccccc1OCc1c(F)cccc1Cl. The number of ether oxygens (including phenoxy) is 1. The number of hydrazone groups is 1. The summed E-state index contributed by atoms with van der Waals surface area (Å²) in [6.45, 7) is 0.0678. The average Bonchev–Trinajstić information content (AvgIpc) is 2.45. The lowest BCUT2D eigenvalue weighted by Gasteiger charge is -2.11. The van der Waals surface area contributed by atoms with Crippen LogP contribution >= 0.6 is 11.6 Å². The van der Waals surface area contributed by atoms with E-state index in [9.17, 15) is 4.39 Å². The van der Waals surface area contributed by atoms with Crippen molar-refractivity contribution in [2.75, 3.05) is 14.1 Å². The minimum Gasteiger partial charge on any atom is -0.488 e. The molecule has 0 aliphatic rings. The molecule has 110 valence electrons. The summed E-state index contributed by atoms with van der Waals surface area (Å²) in [6.07, 6.45) is 1.69. The van der Waals surface area contributed by atoms with E-state index in [4.69, 9.17) is 16.3 Å². The average molecular weight is 307 g/mol. The molecule has 0 spiro atoms. The normalized spacial score (nSPS) is 10.9. The van der Waals surface area contributed by atoms with Gasteiger partial charge < -0.3 is 9.75 Å². The van der Waals surface area contributed by atoms with E-state index < -0.39 is 0 Å². The predicted octanol–water partition coefficient (Wildman–Crippen LogP) is 3.95. The Bertz CT molecular complexity index is 624. The maximum absolute atomic E-state index is 13.7. The number of hydrogen-bond acceptors (Lipinski definition) is 3. The van der Waals surface area contributed by atoms with Crippen LogP contribution in [0, 0.1) is 5.82 Å². The van der Waals surface area contributed by atoms with Gasteiger partial charge in [-0.2, -0.15) is 5.10 Å². The Balaban J connectivity index is 2.17. The van der Waals surface area contributed by atoms with Gasteiger partial charge in [-0.25, -0.2) is 4.39 Å². The lowest BCUT2D eigenvalue weighted by Crippen LogP contribution is -2.04. The fraction of sp³-hybridized carbons (Fsp3) is 0.188. The van der Waals surface area contributed by atoms with E-state index in [1.165, 1.54) is 6.07 Å². The van der Waals surface area contributed by atoms with Gasteiger partial charge in [-0.1, -0.05) is 29.8 Å². The first-order valence-corrected chi connectivity index (χ1v) is 6.81. The standard InChI is InChI=1S/C16H16ClFN2O/c1-20(2)19-10-12-6-3-4-9-16(12)21-11-13-14(17)7-5-8-15(13)18/h3-10H,11H2,1-2H3/b19-10+. The highest BCUT2D eigenvalue weighted by Crippen LogP contribution is 2.23. The lowest BCUT2D eigenvalue weighted by molar-refractivity contribution is 0.299. The fourth-order valence-electron chi connectivity index (χ4n) is 1.72. The van der Waals surface area contributed by atoms with E-state index in [0.29, 0.717) is 16.3 Å². The smallest absolute Gasteiger partial charge is 0.131 e. The molecule has 0 N–H and O–H groups in total. The minimum atomic E-state index is -0.373. The number of halogens is 2. The maximum atomic E-state index is 13.7. The van der Waals surface area contributed by atoms with Gasteiger partial charge in [0.25, 0.3) is 0 Å². The summed E-state index contributed by atoms with van der Waals surface area (Å²) >= 11 is 5.99. The van der Waals surface area contributed by atoms with Crippen molar-refractivity contribution >= 4 is 17.8 Å². The molecule has 0 bridgehead atoms. The Hall–Kier alpha value is -2.07. The number of para-hydroxylation sites is 1. The van der Waals surface area contributed by atoms with Gasteiger partial charge in [0.2, 0.25) is 0 Å². The Morgan fingerprint density at radius 2 is 1.95 bits per heavy atom.